The Morgan fingerprint density at radius 1 is 1.23 bits per heavy atom. The van der Waals surface area contributed by atoms with Crippen molar-refractivity contribution in [2.45, 2.75) is 39.8 Å². The molecule has 0 saturated carbocycles. The number of alkyl halides is 3. The van der Waals surface area contributed by atoms with E-state index in [1.165, 1.54) is 10.5 Å². The molecule has 1 heterocycles. The Morgan fingerprint density at radius 2 is 1.90 bits per heavy atom. The fourth-order valence-electron chi connectivity index (χ4n) is 3.96. The zero-order chi connectivity index (χ0) is 21.5. The molecule has 0 spiro atoms. The Labute approximate surface area is 196 Å². The molecule has 1 aliphatic heterocycles. The van der Waals surface area contributed by atoms with Gasteiger partial charge in [-0.2, -0.15) is 13.2 Å². The quantitative estimate of drug-likeness (QED) is 0.296. The minimum absolute atomic E-state index is 0. The molecule has 0 amide bonds. The van der Waals surface area contributed by atoms with Crippen LogP contribution in [0.1, 0.15) is 32.8 Å². The summed E-state index contributed by atoms with van der Waals surface area (Å²) in [7, 11) is 1.77. The number of benzene rings is 1. The molecule has 172 valence electrons. The molecule has 1 aromatic rings. The smallest absolute Gasteiger partial charge is 0.356 e. The average molecular weight is 540 g/mol. The van der Waals surface area contributed by atoms with E-state index < -0.39 is 12.7 Å². The van der Waals surface area contributed by atoms with E-state index in [-0.39, 0.29) is 35.3 Å². The Hall–Kier alpha value is -1.03. The lowest BCUT2D eigenvalue weighted by Crippen LogP contribution is -2.45. The third kappa shape index (κ3) is 9.41. The number of guanidine groups is 1. The van der Waals surface area contributed by atoms with Crippen molar-refractivity contribution in [1.29, 1.82) is 0 Å². The van der Waals surface area contributed by atoms with Crippen molar-refractivity contribution in [3.05, 3.63) is 35.9 Å². The van der Waals surface area contributed by atoms with E-state index >= 15 is 0 Å². The van der Waals surface area contributed by atoms with Gasteiger partial charge in [0.2, 0.25) is 0 Å². The minimum atomic E-state index is -4.14. The third-order valence-corrected chi connectivity index (χ3v) is 5.41. The van der Waals surface area contributed by atoms with E-state index in [1.807, 2.05) is 6.07 Å². The summed E-state index contributed by atoms with van der Waals surface area (Å²) in [5.41, 5.74) is 1.36. The first-order valence-corrected chi connectivity index (χ1v) is 10.4. The van der Waals surface area contributed by atoms with Gasteiger partial charge in [0.15, 0.2) is 5.96 Å². The predicted octanol–water partition coefficient (Wildman–Crippen LogP) is 4.65. The lowest BCUT2D eigenvalue weighted by Gasteiger charge is -2.29. The highest BCUT2D eigenvalue weighted by atomic mass is 127. The van der Waals surface area contributed by atoms with Crippen molar-refractivity contribution in [3.63, 3.8) is 0 Å². The first kappa shape index (κ1) is 27.0. The molecule has 1 aliphatic rings. The molecule has 1 aromatic carbocycles. The van der Waals surface area contributed by atoms with Crippen molar-refractivity contribution < 1.29 is 13.2 Å². The Kier molecular flexibility index (Phi) is 10.9. The fourth-order valence-corrected chi connectivity index (χ4v) is 3.96. The van der Waals surface area contributed by atoms with Crippen LogP contribution in [0.25, 0.3) is 0 Å². The summed E-state index contributed by atoms with van der Waals surface area (Å²) in [5, 5.41) is 3.48. The highest BCUT2D eigenvalue weighted by Gasteiger charge is 2.33. The van der Waals surface area contributed by atoms with Crippen LogP contribution in [0.3, 0.4) is 0 Å². The van der Waals surface area contributed by atoms with E-state index in [9.17, 15) is 13.2 Å². The maximum atomic E-state index is 12.7. The molecule has 1 unspecified atom stereocenters. The second kappa shape index (κ2) is 12.1. The summed E-state index contributed by atoms with van der Waals surface area (Å²) in [6.07, 6.45) is -2.29. The Morgan fingerprint density at radius 3 is 2.47 bits per heavy atom. The standard InChI is InChI=1S/C22H35F3N4.HI/c1-5-28(17-22(23,24)25)14-19-11-12-29(15-19)20(26-4)27-16-21(2,3)13-18-9-7-6-8-10-18;/h6-10,19H,5,11-17H2,1-4H3,(H,26,27);1H. The number of halogens is 4. The van der Waals surface area contributed by atoms with Gasteiger partial charge in [-0.05, 0) is 36.3 Å². The van der Waals surface area contributed by atoms with Gasteiger partial charge in [-0.25, -0.2) is 0 Å². The number of aliphatic imine (C=N–C) groups is 1. The van der Waals surface area contributed by atoms with E-state index in [0.29, 0.717) is 13.1 Å². The van der Waals surface area contributed by atoms with Gasteiger partial charge < -0.3 is 10.2 Å². The highest BCUT2D eigenvalue weighted by molar-refractivity contribution is 14.0. The van der Waals surface area contributed by atoms with Crippen molar-refractivity contribution in [1.82, 2.24) is 15.1 Å². The molecule has 0 radical (unpaired) electrons. The van der Waals surface area contributed by atoms with E-state index in [4.69, 9.17) is 0 Å². The number of hydrogen-bond acceptors (Lipinski definition) is 2. The van der Waals surface area contributed by atoms with E-state index in [0.717, 1.165) is 38.4 Å². The number of hydrogen-bond donors (Lipinski definition) is 1. The van der Waals surface area contributed by atoms with Gasteiger partial charge in [-0.1, -0.05) is 51.1 Å². The average Bonchev–Trinajstić information content (AvgIpc) is 3.09. The Balaban J connectivity index is 0.00000450. The van der Waals surface area contributed by atoms with Crippen LogP contribution in [0.4, 0.5) is 13.2 Å². The van der Waals surface area contributed by atoms with Crippen molar-refractivity contribution in [3.8, 4) is 0 Å². The fraction of sp³-hybridized carbons (Fsp3) is 0.682. The molecule has 4 nitrogen and oxygen atoms in total. The topological polar surface area (TPSA) is 30.9 Å². The molecule has 0 aromatic heterocycles. The summed E-state index contributed by atoms with van der Waals surface area (Å²) < 4.78 is 38.1. The van der Waals surface area contributed by atoms with Crippen LogP contribution in [0.2, 0.25) is 0 Å². The van der Waals surface area contributed by atoms with Gasteiger partial charge in [-0.3, -0.25) is 9.89 Å². The number of nitrogens with zero attached hydrogens (tertiary/aromatic N) is 3. The van der Waals surface area contributed by atoms with Crippen molar-refractivity contribution in [2.75, 3.05) is 46.3 Å². The van der Waals surface area contributed by atoms with Crippen LogP contribution in [-0.2, 0) is 6.42 Å². The minimum Gasteiger partial charge on any atom is -0.356 e. The Bertz CT molecular complexity index is 650. The van der Waals surface area contributed by atoms with Crippen LogP contribution < -0.4 is 5.32 Å². The predicted molar refractivity (Wildman–Crippen MR) is 129 cm³/mol. The van der Waals surface area contributed by atoms with Crippen LogP contribution in [0.15, 0.2) is 35.3 Å². The zero-order valence-electron chi connectivity index (χ0n) is 18.5. The molecule has 8 heteroatoms. The summed E-state index contributed by atoms with van der Waals surface area (Å²) in [5.74, 6) is 1.07. The maximum Gasteiger partial charge on any atom is 0.401 e. The lowest BCUT2D eigenvalue weighted by molar-refractivity contribution is -0.146. The molecule has 1 N–H and O–H groups in total. The number of rotatable bonds is 8. The molecule has 2 rings (SSSR count). The van der Waals surface area contributed by atoms with E-state index in [2.05, 4.69) is 53.3 Å². The molecular formula is C22H36F3IN4. The SMILES string of the molecule is CCN(CC1CCN(C(=NC)NCC(C)(C)Cc2ccccc2)C1)CC(F)(F)F.I. The second-order valence-electron chi connectivity index (χ2n) is 8.77. The summed E-state index contributed by atoms with van der Waals surface area (Å²) >= 11 is 0. The molecule has 1 saturated heterocycles. The van der Waals surface area contributed by atoms with Crippen LogP contribution in [0.5, 0.6) is 0 Å². The van der Waals surface area contributed by atoms with Gasteiger partial charge in [0.25, 0.3) is 0 Å². The molecule has 0 bridgehead atoms. The van der Waals surface area contributed by atoms with Gasteiger partial charge in [-0.15, -0.1) is 24.0 Å². The number of likely N-dealkylation sites (tertiary alicyclic amines) is 1. The van der Waals surface area contributed by atoms with Crippen LogP contribution in [0, 0.1) is 11.3 Å². The van der Waals surface area contributed by atoms with Crippen molar-refractivity contribution >= 4 is 29.9 Å². The molecule has 1 atom stereocenters. The molecule has 1 fully saturated rings. The first-order valence-electron chi connectivity index (χ1n) is 10.4. The molecular weight excluding hydrogens is 504 g/mol. The maximum absolute atomic E-state index is 12.7. The largest absolute Gasteiger partial charge is 0.401 e. The first-order chi connectivity index (χ1) is 13.6. The lowest BCUT2D eigenvalue weighted by atomic mass is 9.86. The second-order valence-corrected chi connectivity index (χ2v) is 8.77. The van der Waals surface area contributed by atoms with E-state index in [1.54, 1.807) is 14.0 Å². The molecule has 30 heavy (non-hydrogen) atoms. The monoisotopic (exact) mass is 540 g/mol. The summed E-state index contributed by atoms with van der Waals surface area (Å²) in [4.78, 5) is 8.08. The van der Waals surface area contributed by atoms with Gasteiger partial charge in [0.1, 0.15) is 0 Å². The van der Waals surface area contributed by atoms with Crippen LogP contribution in [-0.4, -0.2) is 68.3 Å². The van der Waals surface area contributed by atoms with Gasteiger partial charge >= 0.3 is 6.18 Å². The van der Waals surface area contributed by atoms with Crippen LogP contribution >= 0.6 is 24.0 Å². The molecule has 0 aliphatic carbocycles. The van der Waals surface area contributed by atoms with Gasteiger partial charge in [0.05, 0.1) is 6.54 Å². The normalized spacial score (nSPS) is 17.9. The highest BCUT2D eigenvalue weighted by Crippen LogP contribution is 2.23. The summed E-state index contributed by atoms with van der Waals surface area (Å²) in [6, 6.07) is 10.4. The third-order valence-electron chi connectivity index (χ3n) is 5.41. The van der Waals surface area contributed by atoms with Gasteiger partial charge in [0, 0.05) is 33.2 Å². The van der Waals surface area contributed by atoms with Crippen molar-refractivity contribution in [2.24, 2.45) is 16.3 Å². The summed E-state index contributed by atoms with van der Waals surface area (Å²) in [6.45, 7) is 8.64. The zero-order valence-corrected chi connectivity index (χ0v) is 20.8. The number of nitrogens with one attached hydrogen (secondary N) is 1.